The van der Waals surface area contributed by atoms with Crippen LogP contribution in [0.15, 0.2) is 121 Å². The molecule has 0 spiro atoms. The van der Waals surface area contributed by atoms with E-state index in [4.69, 9.17) is 0 Å². The van der Waals surface area contributed by atoms with Crippen molar-refractivity contribution in [3.05, 3.63) is 149 Å². The Morgan fingerprint density at radius 3 is 1.41 bits per heavy atom. The molecule has 0 heterocycles. The predicted octanol–water partition coefficient (Wildman–Crippen LogP) is 12.3. The van der Waals surface area contributed by atoms with Crippen LogP contribution in [0.4, 0.5) is 0 Å². The topological polar surface area (TPSA) is 0 Å². The summed E-state index contributed by atoms with van der Waals surface area (Å²) in [5.41, 5.74) is 7.25. The molecule has 236 valence electrons. The number of hydrogen-bond donors (Lipinski definition) is 0. The summed E-state index contributed by atoms with van der Waals surface area (Å²) in [5.74, 6) is 1.89. The van der Waals surface area contributed by atoms with Crippen molar-refractivity contribution in [1.82, 2.24) is 0 Å². The Balaban J connectivity index is 0.000000167. The van der Waals surface area contributed by atoms with Crippen LogP contribution < -0.4 is 0 Å². The summed E-state index contributed by atoms with van der Waals surface area (Å²) in [4.78, 5) is 0. The Hall–Kier alpha value is -3.02. The zero-order chi connectivity index (χ0) is 33.6. The summed E-state index contributed by atoms with van der Waals surface area (Å²) in [6.45, 7) is 22.6. The second kappa shape index (κ2) is 15.3. The minimum absolute atomic E-state index is 0.203. The first-order chi connectivity index (χ1) is 21.6. The molecule has 5 aromatic rings. The van der Waals surface area contributed by atoms with Crippen LogP contribution in [0.1, 0.15) is 91.5 Å². The van der Waals surface area contributed by atoms with Crippen LogP contribution in [0.3, 0.4) is 0 Å². The number of hydrogen-bond acceptors (Lipinski definition) is 0. The van der Waals surface area contributed by atoms with Gasteiger partial charge >= 0.3 is 99.2 Å². The molecule has 6 rings (SSSR count). The summed E-state index contributed by atoms with van der Waals surface area (Å²) < 4.78 is 1.42. The molecule has 0 saturated heterocycles. The summed E-state index contributed by atoms with van der Waals surface area (Å²) in [7, 11) is 0. The number of fused-ring (bicyclic) bond motifs is 3. The molecule has 46 heavy (non-hydrogen) atoms. The van der Waals surface area contributed by atoms with Gasteiger partial charge < -0.3 is 0 Å². The van der Waals surface area contributed by atoms with Gasteiger partial charge in [-0.2, -0.15) is 6.08 Å². The SMILES string of the molecule is CC(C)(C)c1ccc2c(c1)[cH-]c1cc(C(C)(C)C)ccc12.CC(C)C1=[C-]C(C(C)C)C=C1.[Zr+2]=[C](c1ccccc1)c1ccccc1. The van der Waals surface area contributed by atoms with Crippen molar-refractivity contribution in [3.8, 4) is 0 Å². The Morgan fingerprint density at radius 2 is 1.09 bits per heavy atom. The van der Waals surface area contributed by atoms with Crippen LogP contribution >= 0.6 is 0 Å². The maximum atomic E-state index is 3.50. The van der Waals surface area contributed by atoms with Gasteiger partial charge in [0.05, 0.1) is 0 Å². The van der Waals surface area contributed by atoms with Crippen LogP contribution in [-0.4, -0.2) is 3.21 Å². The first-order valence-corrected chi connectivity index (χ1v) is 18.0. The van der Waals surface area contributed by atoms with E-state index in [-0.39, 0.29) is 10.8 Å². The zero-order valence-corrected chi connectivity index (χ0v) is 32.2. The Labute approximate surface area is 294 Å². The second-order valence-corrected chi connectivity index (χ2v) is 16.5. The summed E-state index contributed by atoms with van der Waals surface area (Å²) in [6.07, 6.45) is 7.98. The third kappa shape index (κ3) is 9.29. The van der Waals surface area contributed by atoms with Crippen LogP contribution in [-0.2, 0) is 35.1 Å². The fraction of sp³-hybridized carbons (Fsp3) is 0.333. The number of benzene rings is 4. The Bertz CT molecular complexity index is 1690. The van der Waals surface area contributed by atoms with Crippen molar-refractivity contribution in [3.63, 3.8) is 0 Å². The fourth-order valence-corrected chi connectivity index (χ4v) is 6.40. The minimum atomic E-state index is 0.203. The van der Waals surface area contributed by atoms with E-state index in [0.29, 0.717) is 17.8 Å². The van der Waals surface area contributed by atoms with Crippen molar-refractivity contribution >= 4 is 24.8 Å². The normalized spacial score (nSPS) is 14.7. The van der Waals surface area contributed by atoms with Crippen LogP contribution in [0.5, 0.6) is 0 Å². The second-order valence-electron chi connectivity index (χ2n) is 15.2. The van der Waals surface area contributed by atoms with Gasteiger partial charge in [0, 0.05) is 0 Å². The van der Waals surface area contributed by atoms with E-state index in [9.17, 15) is 0 Å². The monoisotopic (exact) mass is 682 g/mol. The van der Waals surface area contributed by atoms with Crippen LogP contribution in [0, 0.1) is 23.8 Å². The zero-order valence-electron chi connectivity index (χ0n) is 29.7. The first kappa shape index (κ1) is 35.8. The van der Waals surface area contributed by atoms with Gasteiger partial charge in [-0.3, -0.25) is 6.08 Å². The molecule has 0 aromatic heterocycles. The van der Waals surface area contributed by atoms with Crippen molar-refractivity contribution < 1.29 is 24.2 Å². The van der Waals surface area contributed by atoms with E-state index in [1.807, 2.05) is 0 Å². The van der Waals surface area contributed by atoms with Crippen molar-refractivity contribution in [2.24, 2.45) is 17.8 Å². The van der Waals surface area contributed by atoms with Gasteiger partial charge in [0.2, 0.25) is 0 Å². The fourth-order valence-electron chi connectivity index (χ4n) is 5.58. The molecule has 0 radical (unpaired) electrons. The number of allylic oxidation sites excluding steroid dienone is 4. The van der Waals surface area contributed by atoms with E-state index < -0.39 is 0 Å². The van der Waals surface area contributed by atoms with Crippen LogP contribution in [0.25, 0.3) is 21.5 Å². The van der Waals surface area contributed by atoms with Crippen molar-refractivity contribution in [2.45, 2.75) is 80.1 Å². The van der Waals surface area contributed by atoms with E-state index in [2.05, 4.69) is 191 Å². The molecule has 0 bridgehead atoms. The van der Waals surface area contributed by atoms with Gasteiger partial charge in [0.25, 0.3) is 0 Å². The van der Waals surface area contributed by atoms with Crippen molar-refractivity contribution in [1.29, 1.82) is 0 Å². The Morgan fingerprint density at radius 1 is 0.652 bits per heavy atom. The van der Waals surface area contributed by atoms with E-state index in [1.54, 1.807) is 0 Å². The van der Waals surface area contributed by atoms with E-state index in [1.165, 1.54) is 76.8 Å². The molecule has 0 nitrogen and oxygen atoms in total. The predicted molar refractivity (Wildman–Crippen MR) is 200 cm³/mol. The van der Waals surface area contributed by atoms with Crippen LogP contribution in [0.2, 0.25) is 0 Å². The maximum absolute atomic E-state index is 3.50. The summed E-state index contributed by atoms with van der Waals surface area (Å²) in [5, 5.41) is 5.48. The third-order valence-corrected chi connectivity index (χ3v) is 10.1. The van der Waals surface area contributed by atoms with Gasteiger partial charge in [0.1, 0.15) is 0 Å². The molecule has 0 amide bonds. The molecule has 0 fully saturated rings. The molecule has 1 aliphatic carbocycles. The third-order valence-electron chi connectivity index (χ3n) is 8.72. The van der Waals surface area contributed by atoms with Gasteiger partial charge in [-0.15, -0.1) is 39.7 Å². The molecule has 1 unspecified atom stereocenters. The first-order valence-electron chi connectivity index (χ1n) is 16.8. The molecule has 1 heteroatoms. The molecule has 5 aromatic carbocycles. The van der Waals surface area contributed by atoms with Gasteiger partial charge in [-0.25, -0.2) is 11.6 Å². The molecule has 0 N–H and O–H groups in total. The van der Waals surface area contributed by atoms with Gasteiger partial charge in [-0.05, 0) is 10.8 Å². The van der Waals surface area contributed by atoms with E-state index in [0.717, 1.165) is 0 Å². The Kier molecular flexibility index (Phi) is 11.9. The average molecular weight is 684 g/mol. The molecule has 1 atom stereocenters. The van der Waals surface area contributed by atoms with Gasteiger partial charge in [0.15, 0.2) is 0 Å². The summed E-state index contributed by atoms with van der Waals surface area (Å²) >= 11 is 1.46. The molecule has 0 saturated carbocycles. The average Bonchev–Trinajstić information content (AvgIpc) is 3.67. The molecule has 1 aliphatic rings. The molecule has 0 aliphatic heterocycles. The van der Waals surface area contributed by atoms with Gasteiger partial charge in [-0.1, -0.05) is 122 Å². The molecular weight excluding hydrogens is 632 g/mol. The summed E-state index contributed by atoms with van der Waals surface area (Å²) in [6, 6.07) is 37.3. The molecular formula is C45H52Zr. The quantitative estimate of drug-likeness (QED) is 0.165. The standard InChI is InChI=1S/C21H25.C13H10.C11H17.Zr/c1-20(2,3)16-7-9-18-14(12-16)11-15-13-17(21(4,5)6)8-10-19(15)18;1-3-7-12(8-4-1)11-13-9-5-2-6-10-13;1-8(2)10-5-6-11(7-10)9(3)4;/h7-13H,1-6H3;1-10H;5-6,8-10H,1-4H3;/q-1;;-1;+2. The van der Waals surface area contributed by atoms with Crippen molar-refractivity contribution in [2.75, 3.05) is 0 Å². The number of rotatable bonds is 4. The van der Waals surface area contributed by atoms with E-state index >= 15 is 0 Å².